The summed E-state index contributed by atoms with van der Waals surface area (Å²) in [7, 11) is 1.59. The van der Waals surface area contributed by atoms with E-state index in [1.807, 2.05) is 33.8 Å². The molecule has 3 heterocycles. The van der Waals surface area contributed by atoms with Crippen LogP contribution >= 0.6 is 0 Å². The van der Waals surface area contributed by atoms with Gasteiger partial charge < -0.3 is 10.1 Å². The van der Waals surface area contributed by atoms with E-state index in [2.05, 4.69) is 20.3 Å². The maximum Gasteiger partial charge on any atom is 0.410 e. The van der Waals surface area contributed by atoms with Crippen LogP contribution in [0.1, 0.15) is 44.6 Å². The van der Waals surface area contributed by atoms with Gasteiger partial charge >= 0.3 is 6.09 Å². The van der Waals surface area contributed by atoms with Gasteiger partial charge in [0.05, 0.1) is 17.7 Å². The molecule has 0 saturated carbocycles. The van der Waals surface area contributed by atoms with Crippen molar-refractivity contribution in [3.05, 3.63) is 36.2 Å². The lowest BCUT2D eigenvalue weighted by Crippen LogP contribution is -2.40. The molecular weight excluding hydrogens is 360 g/mol. The Bertz CT molecular complexity index is 859. The number of hydrogen-bond acceptors (Lipinski definition) is 6. The largest absolute Gasteiger partial charge is 0.444 e. The Morgan fingerprint density at radius 1 is 1.29 bits per heavy atom. The SMILES string of the molecule is CNC(=O)C1CCN(C(=O)OC(C)(C)C)C1c1cc(C)nc(-n2ccnc2)n1. The van der Waals surface area contributed by atoms with Gasteiger partial charge in [0.1, 0.15) is 11.9 Å². The van der Waals surface area contributed by atoms with Gasteiger partial charge in [-0.05, 0) is 40.2 Å². The second kappa shape index (κ2) is 7.57. The minimum atomic E-state index is -0.629. The van der Waals surface area contributed by atoms with Gasteiger partial charge in [-0.2, -0.15) is 0 Å². The van der Waals surface area contributed by atoms with Crippen LogP contribution in [0.25, 0.3) is 5.95 Å². The van der Waals surface area contributed by atoms with Gasteiger partial charge in [-0.1, -0.05) is 0 Å². The second-order valence-electron chi connectivity index (χ2n) is 7.83. The van der Waals surface area contributed by atoms with E-state index in [4.69, 9.17) is 4.74 Å². The fourth-order valence-electron chi connectivity index (χ4n) is 3.36. The molecule has 1 fully saturated rings. The van der Waals surface area contributed by atoms with Crippen molar-refractivity contribution in [3.8, 4) is 5.95 Å². The number of carbonyl (C=O) groups excluding carboxylic acids is 2. The molecule has 1 aliphatic rings. The maximum atomic E-state index is 12.8. The van der Waals surface area contributed by atoms with E-state index < -0.39 is 23.7 Å². The van der Waals surface area contributed by atoms with E-state index in [0.717, 1.165) is 5.69 Å². The van der Waals surface area contributed by atoms with Crippen LogP contribution in [0.15, 0.2) is 24.8 Å². The number of hydrogen-bond donors (Lipinski definition) is 1. The van der Waals surface area contributed by atoms with E-state index in [1.54, 1.807) is 35.2 Å². The minimum absolute atomic E-state index is 0.128. The number of rotatable bonds is 3. The summed E-state index contributed by atoms with van der Waals surface area (Å²) in [6.45, 7) is 7.73. The zero-order valence-electron chi connectivity index (χ0n) is 16.8. The summed E-state index contributed by atoms with van der Waals surface area (Å²) >= 11 is 0. The molecule has 2 aromatic heterocycles. The summed E-state index contributed by atoms with van der Waals surface area (Å²) in [5.41, 5.74) is 0.713. The fourth-order valence-corrected chi connectivity index (χ4v) is 3.36. The van der Waals surface area contributed by atoms with Gasteiger partial charge in [0, 0.05) is 31.7 Å². The molecule has 9 nitrogen and oxygen atoms in total. The summed E-state index contributed by atoms with van der Waals surface area (Å²) in [5.74, 6) is -0.0989. The van der Waals surface area contributed by atoms with Crippen molar-refractivity contribution in [3.63, 3.8) is 0 Å². The smallest absolute Gasteiger partial charge is 0.410 e. The zero-order chi connectivity index (χ0) is 20.5. The first-order chi connectivity index (χ1) is 13.2. The zero-order valence-corrected chi connectivity index (χ0v) is 16.8. The molecular formula is C19H26N6O3. The molecule has 1 N–H and O–H groups in total. The highest BCUT2D eigenvalue weighted by Crippen LogP contribution is 2.38. The number of nitrogens with zero attached hydrogens (tertiary/aromatic N) is 5. The molecule has 1 saturated heterocycles. The van der Waals surface area contributed by atoms with Crippen molar-refractivity contribution < 1.29 is 14.3 Å². The van der Waals surface area contributed by atoms with Crippen molar-refractivity contribution in [2.45, 2.75) is 45.8 Å². The van der Waals surface area contributed by atoms with Crippen LogP contribution in [-0.2, 0) is 9.53 Å². The summed E-state index contributed by atoms with van der Waals surface area (Å²) in [5, 5.41) is 2.69. The van der Waals surface area contributed by atoms with Gasteiger partial charge in [-0.3, -0.25) is 14.3 Å². The van der Waals surface area contributed by atoms with Crippen LogP contribution < -0.4 is 5.32 Å². The monoisotopic (exact) mass is 386 g/mol. The predicted molar refractivity (Wildman–Crippen MR) is 102 cm³/mol. The van der Waals surface area contributed by atoms with Crippen LogP contribution in [0.2, 0.25) is 0 Å². The van der Waals surface area contributed by atoms with Gasteiger partial charge in [-0.25, -0.2) is 19.7 Å². The fraction of sp³-hybridized carbons (Fsp3) is 0.526. The third kappa shape index (κ3) is 4.13. The molecule has 2 atom stereocenters. The highest BCUT2D eigenvalue weighted by Gasteiger charge is 2.44. The Balaban J connectivity index is 2.02. The molecule has 0 bridgehead atoms. The van der Waals surface area contributed by atoms with Crippen molar-refractivity contribution in [1.29, 1.82) is 0 Å². The van der Waals surface area contributed by atoms with Crippen LogP contribution in [0, 0.1) is 12.8 Å². The Labute approximate surface area is 164 Å². The molecule has 28 heavy (non-hydrogen) atoms. The van der Waals surface area contributed by atoms with E-state index in [-0.39, 0.29) is 5.91 Å². The highest BCUT2D eigenvalue weighted by atomic mass is 16.6. The van der Waals surface area contributed by atoms with Crippen molar-refractivity contribution in [2.24, 2.45) is 5.92 Å². The summed E-state index contributed by atoms with van der Waals surface area (Å²) in [6.07, 6.45) is 5.07. The molecule has 2 unspecified atom stereocenters. The van der Waals surface area contributed by atoms with E-state index in [1.165, 1.54) is 0 Å². The van der Waals surface area contributed by atoms with Crippen LogP contribution in [0.3, 0.4) is 0 Å². The average Bonchev–Trinajstić information content (AvgIpc) is 3.28. The normalized spacial score (nSPS) is 19.5. The first-order valence-electron chi connectivity index (χ1n) is 9.24. The first kappa shape index (κ1) is 19.8. The molecule has 9 heteroatoms. The number of aromatic nitrogens is 4. The lowest BCUT2D eigenvalue weighted by molar-refractivity contribution is -0.125. The van der Waals surface area contributed by atoms with Gasteiger partial charge in [-0.15, -0.1) is 0 Å². The number of ether oxygens (including phenoxy) is 1. The van der Waals surface area contributed by atoms with E-state index in [9.17, 15) is 9.59 Å². The Kier molecular flexibility index (Phi) is 5.35. The molecule has 150 valence electrons. The Hall–Kier alpha value is -2.97. The predicted octanol–water partition coefficient (Wildman–Crippen LogP) is 2.01. The maximum absolute atomic E-state index is 12.8. The van der Waals surface area contributed by atoms with Crippen LogP contribution in [-0.4, -0.2) is 55.6 Å². The second-order valence-corrected chi connectivity index (χ2v) is 7.83. The molecule has 0 spiro atoms. The van der Waals surface area contributed by atoms with Crippen LogP contribution in [0.5, 0.6) is 0 Å². The number of imidazole rings is 1. The molecule has 2 amide bonds. The number of nitrogens with one attached hydrogen (secondary N) is 1. The quantitative estimate of drug-likeness (QED) is 0.866. The topological polar surface area (TPSA) is 102 Å². The average molecular weight is 386 g/mol. The number of amides is 2. The van der Waals surface area contributed by atoms with Gasteiger partial charge in [0.15, 0.2) is 0 Å². The molecule has 1 aliphatic heterocycles. The van der Waals surface area contributed by atoms with Crippen molar-refractivity contribution in [2.75, 3.05) is 13.6 Å². The molecule has 2 aromatic rings. The summed E-state index contributed by atoms with van der Waals surface area (Å²) in [4.78, 5) is 40.0. The van der Waals surface area contributed by atoms with E-state index in [0.29, 0.717) is 24.6 Å². The van der Waals surface area contributed by atoms with E-state index >= 15 is 0 Å². The standard InChI is InChI=1S/C19H26N6O3/c1-12-10-14(23-17(22-12)24-9-7-21-11-24)15-13(16(26)20-5)6-8-25(15)18(27)28-19(2,3)4/h7,9-11,13,15H,6,8H2,1-5H3,(H,20,26). The molecule has 0 aromatic carbocycles. The van der Waals surface area contributed by atoms with Crippen LogP contribution in [0.4, 0.5) is 4.79 Å². The first-order valence-corrected chi connectivity index (χ1v) is 9.24. The van der Waals surface area contributed by atoms with Crippen molar-refractivity contribution >= 4 is 12.0 Å². The summed E-state index contributed by atoms with van der Waals surface area (Å²) < 4.78 is 7.26. The third-order valence-corrected chi connectivity index (χ3v) is 4.51. The molecule has 3 rings (SSSR count). The lowest BCUT2D eigenvalue weighted by atomic mass is 9.96. The number of likely N-dealkylation sites (tertiary alicyclic amines) is 1. The van der Waals surface area contributed by atoms with Gasteiger partial charge in [0.2, 0.25) is 11.9 Å². The number of aryl methyl sites for hydroxylation is 1. The Morgan fingerprint density at radius 3 is 2.64 bits per heavy atom. The molecule has 0 aliphatic carbocycles. The third-order valence-electron chi connectivity index (χ3n) is 4.51. The van der Waals surface area contributed by atoms with Crippen molar-refractivity contribution in [1.82, 2.24) is 29.7 Å². The Morgan fingerprint density at radius 2 is 2.04 bits per heavy atom. The highest BCUT2D eigenvalue weighted by molar-refractivity contribution is 5.81. The molecule has 0 radical (unpaired) electrons. The summed E-state index contributed by atoms with van der Waals surface area (Å²) in [6, 6.07) is 1.28. The minimum Gasteiger partial charge on any atom is -0.444 e. The number of carbonyl (C=O) groups is 2. The lowest BCUT2D eigenvalue weighted by Gasteiger charge is -2.30. The van der Waals surface area contributed by atoms with Gasteiger partial charge in [0.25, 0.3) is 0 Å².